The summed E-state index contributed by atoms with van der Waals surface area (Å²) in [6.07, 6.45) is 2.58. The van der Waals surface area contributed by atoms with Gasteiger partial charge in [0.15, 0.2) is 0 Å². The van der Waals surface area contributed by atoms with Crippen molar-refractivity contribution < 1.29 is 24.0 Å². The molecule has 5 rings (SSSR count). The number of carbonyl (C=O) groups is 2. The Hall–Kier alpha value is -4.98. The van der Waals surface area contributed by atoms with Gasteiger partial charge in [-0.1, -0.05) is 72.8 Å². The summed E-state index contributed by atoms with van der Waals surface area (Å²) in [6.45, 7) is 6.00. The summed E-state index contributed by atoms with van der Waals surface area (Å²) < 4.78 is 11.1. The molecule has 0 amide bonds. The van der Waals surface area contributed by atoms with E-state index >= 15 is 0 Å². The maximum Gasteiger partial charge on any atom is 0.336 e. The number of carbonyl (C=O) groups excluding carboxylic acids is 2. The van der Waals surface area contributed by atoms with Crippen LogP contribution in [-0.4, -0.2) is 54.6 Å². The minimum atomic E-state index is -0.959. The van der Waals surface area contributed by atoms with Crippen molar-refractivity contribution in [3.8, 4) is 6.07 Å². The second-order valence-corrected chi connectivity index (χ2v) is 12.2. The number of piperidine rings is 1. The molecule has 3 aromatic rings. The van der Waals surface area contributed by atoms with Crippen molar-refractivity contribution in [3.05, 3.63) is 134 Å². The summed E-state index contributed by atoms with van der Waals surface area (Å²) in [5, 5.41) is 23.6. The SMILES string of the molecule is CC1=C(C(=O)OCCC#N)C(c2cccc([N+](=O)[O-])c2)C(C(=O)OCCCN2CCC(c3ccccc3)(c3ccccc3)CC2)=C(C)N1.Cl. The summed E-state index contributed by atoms with van der Waals surface area (Å²) in [7, 11) is 0. The third kappa shape index (κ3) is 8.37. The van der Waals surface area contributed by atoms with Crippen LogP contribution in [0.4, 0.5) is 5.69 Å². The van der Waals surface area contributed by atoms with Gasteiger partial charge in [0, 0.05) is 35.5 Å². The Morgan fingerprint density at radius 2 is 1.45 bits per heavy atom. The minimum absolute atomic E-state index is 0. The molecule has 2 aliphatic heterocycles. The average Bonchev–Trinajstić information content (AvgIpc) is 3.11. The number of allylic oxidation sites excluding steroid dienone is 2. The lowest BCUT2D eigenvalue weighted by Gasteiger charge is -2.43. The van der Waals surface area contributed by atoms with Crippen LogP contribution in [-0.2, 0) is 24.5 Å². The standard InChI is InChI=1S/C38H40N4O6.ClH/c1-27-33(36(43)47-24-10-20-39)35(29-12-9-17-32(26-29)42(45)46)34(28(2)40-27)37(44)48-25-11-21-41-22-18-38(19-23-41,30-13-5-3-6-14-30)31-15-7-4-8-16-31;/h3-9,12-17,26,35,40H,10-11,18-19,21-25H2,1-2H3;1H. The smallest absolute Gasteiger partial charge is 0.336 e. The summed E-state index contributed by atoms with van der Waals surface area (Å²) in [5.41, 5.74) is 4.07. The number of esters is 2. The van der Waals surface area contributed by atoms with Crippen LogP contribution in [0.5, 0.6) is 0 Å². The lowest BCUT2D eigenvalue weighted by molar-refractivity contribution is -0.384. The molecule has 2 aliphatic rings. The monoisotopic (exact) mass is 684 g/mol. The van der Waals surface area contributed by atoms with E-state index in [1.54, 1.807) is 19.9 Å². The average molecular weight is 685 g/mol. The van der Waals surface area contributed by atoms with Crippen molar-refractivity contribution in [2.75, 3.05) is 32.8 Å². The zero-order valence-electron chi connectivity index (χ0n) is 27.7. The van der Waals surface area contributed by atoms with Crippen molar-refractivity contribution in [1.82, 2.24) is 10.2 Å². The highest BCUT2D eigenvalue weighted by molar-refractivity contribution is 6.00. The largest absolute Gasteiger partial charge is 0.462 e. The summed E-state index contributed by atoms with van der Waals surface area (Å²) >= 11 is 0. The Bertz CT molecular complexity index is 1700. The summed E-state index contributed by atoms with van der Waals surface area (Å²) in [5.74, 6) is -2.28. The molecule has 49 heavy (non-hydrogen) atoms. The van der Waals surface area contributed by atoms with Gasteiger partial charge in [0.1, 0.15) is 6.61 Å². The highest BCUT2D eigenvalue weighted by Gasteiger charge is 2.39. The number of nitrogens with zero attached hydrogens (tertiary/aromatic N) is 3. The lowest BCUT2D eigenvalue weighted by Crippen LogP contribution is -2.43. The maximum atomic E-state index is 13.7. The summed E-state index contributed by atoms with van der Waals surface area (Å²) in [6, 6.07) is 29.2. The molecule has 1 fully saturated rings. The predicted octanol–water partition coefficient (Wildman–Crippen LogP) is 6.72. The van der Waals surface area contributed by atoms with Gasteiger partial charge in [-0.2, -0.15) is 5.26 Å². The lowest BCUT2D eigenvalue weighted by atomic mass is 9.68. The number of nitro groups is 1. The Morgan fingerprint density at radius 3 is 1.98 bits per heavy atom. The highest BCUT2D eigenvalue weighted by Crippen LogP contribution is 2.42. The van der Waals surface area contributed by atoms with E-state index in [0.717, 1.165) is 32.5 Å². The molecule has 0 aliphatic carbocycles. The van der Waals surface area contributed by atoms with Gasteiger partial charge in [-0.15, -0.1) is 12.4 Å². The second kappa shape index (κ2) is 16.9. The molecule has 3 aromatic carbocycles. The van der Waals surface area contributed by atoms with E-state index in [1.807, 2.05) is 18.2 Å². The number of ether oxygens (including phenoxy) is 2. The Kier molecular flexibility index (Phi) is 12.7. The zero-order valence-corrected chi connectivity index (χ0v) is 28.5. The van der Waals surface area contributed by atoms with Crippen LogP contribution in [0.2, 0.25) is 0 Å². The molecule has 2 heterocycles. The third-order valence-corrected chi connectivity index (χ3v) is 9.28. The van der Waals surface area contributed by atoms with Crippen LogP contribution in [0.1, 0.15) is 62.1 Å². The number of hydrogen-bond donors (Lipinski definition) is 1. The topological polar surface area (TPSA) is 135 Å². The van der Waals surface area contributed by atoms with E-state index in [9.17, 15) is 19.7 Å². The number of nitrogens with one attached hydrogen (secondary N) is 1. The third-order valence-electron chi connectivity index (χ3n) is 9.28. The van der Waals surface area contributed by atoms with Gasteiger partial charge in [0.25, 0.3) is 5.69 Å². The maximum absolute atomic E-state index is 13.7. The van der Waals surface area contributed by atoms with Crippen LogP contribution < -0.4 is 5.32 Å². The van der Waals surface area contributed by atoms with Crippen molar-refractivity contribution in [2.45, 2.75) is 50.9 Å². The van der Waals surface area contributed by atoms with Gasteiger partial charge >= 0.3 is 11.9 Å². The van der Waals surface area contributed by atoms with Crippen LogP contribution in [0.3, 0.4) is 0 Å². The number of dihydropyridines is 1. The highest BCUT2D eigenvalue weighted by atomic mass is 35.5. The van der Waals surface area contributed by atoms with Crippen LogP contribution >= 0.6 is 12.4 Å². The minimum Gasteiger partial charge on any atom is -0.462 e. The van der Waals surface area contributed by atoms with Crippen molar-refractivity contribution in [2.24, 2.45) is 0 Å². The van der Waals surface area contributed by atoms with E-state index in [2.05, 4.69) is 58.7 Å². The molecule has 1 N–H and O–H groups in total. The van der Waals surface area contributed by atoms with Gasteiger partial charge in [0.2, 0.25) is 0 Å². The van der Waals surface area contributed by atoms with Crippen LogP contribution in [0.25, 0.3) is 0 Å². The van der Waals surface area contributed by atoms with Crippen molar-refractivity contribution in [1.29, 1.82) is 5.26 Å². The van der Waals surface area contributed by atoms with Crippen LogP contribution in [0, 0.1) is 21.4 Å². The van der Waals surface area contributed by atoms with E-state index < -0.39 is 22.8 Å². The Labute approximate surface area is 293 Å². The van der Waals surface area contributed by atoms with Gasteiger partial charge in [-0.05, 0) is 62.9 Å². The summed E-state index contributed by atoms with van der Waals surface area (Å²) in [4.78, 5) is 40.5. The van der Waals surface area contributed by atoms with Gasteiger partial charge < -0.3 is 19.7 Å². The molecular formula is C38H41ClN4O6. The second-order valence-electron chi connectivity index (χ2n) is 12.2. The quantitative estimate of drug-likeness (QED) is 0.0954. The predicted molar refractivity (Wildman–Crippen MR) is 188 cm³/mol. The number of non-ortho nitro benzene ring substituents is 1. The first-order valence-electron chi connectivity index (χ1n) is 16.2. The zero-order chi connectivity index (χ0) is 34.1. The number of likely N-dealkylation sites (tertiary alicyclic amines) is 1. The number of nitro benzene ring substituents is 1. The molecule has 0 saturated carbocycles. The van der Waals surface area contributed by atoms with E-state index in [-0.39, 0.29) is 54.3 Å². The molecule has 1 saturated heterocycles. The molecule has 11 heteroatoms. The first kappa shape index (κ1) is 36.8. The van der Waals surface area contributed by atoms with Gasteiger partial charge in [0.05, 0.1) is 41.1 Å². The molecule has 1 unspecified atom stereocenters. The van der Waals surface area contributed by atoms with Gasteiger partial charge in [-0.25, -0.2) is 9.59 Å². The number of nitriles is 1. The Balaban J connectivity index is 0.00000541. The molecule has 0 aromatic heterocycles. The van der Waals surface area contributed by atoms with Gasteiger partial charge in [-0.3, -0.25) is 10.1 Å². The number of rotatable bonds is 12. The molecule has 256 valence electrons. The number of halogens is 1. The molecule has 10 nitrogen and oxygen atoms in total. The van der Waals surface area contributed by atoms with Crippen LogP contribution in [0.15, 0.2) is 107 Å². The normalized spacial score (nSPS) is 17.3. The number of hydrogen-bond acceptors (Lipinski definition) is 9. The first-order valence-corrected chi connectivity index (χ1v) is 16.2. The fourth-order valence-electron chi connectivity index (χ4n) is 6.90. The molecular weight excluding hydrogens is 644 g/mol. The molecule has 1 atom stereocenters. The first-order chi connectivity index (χ1) is 23.2. The fraction of sp³-hybridized carbons (Fsp3) is 0.342. The number of benzene rings is 3. The van der Waals surface area contributed by atoms with Crippen molar-refractivity contribution >= 4 is 30.0 Å². The fourth-order valence-corrected chi connectivity index (χ4v) is 6.90. The van der Waals surface area contributed by atoms with Crippen molar-refractivity contribution in [3.63, 3.8) is 0 Å². The molecule has 0 bridgehead atoms. The van der Waals surface area contributed by atoms with E-state index in [0.29, 0.717) is 23.4 Å². The molecule has 0 radical (unpaired) electrons. The molecule has 0 spiro atoms. The van der Waals surface area contributed by atoms with E-state index in [4.69, 9.17) is 14.7 Å². The van der Waals surface area contributed by atoms with E-state index in [1.165, 1.54) is 29.3 Å². The Morgan fingerprint density at radius 1 is 0.898 bits per heavy atom.